The molecule has 0 radical (unpaired) electrons. The van der Waals surface area contributed by atoms with Crippen LogP contribution in [0.15, 0.2) is 12.3 Å². The number of carbonyl (C=O) groups is 1. The van der Waals surface area contributed by atoms with Gasteiger partial charge in [0, 0.05) is 6.54 Å². The van der Waals surface area contributed by atoms with Gasteiger partial charge in [0.15, 0.2) is 0 Å². The summed E-state index contributed by atoms with van der Waals surface area (Å²) >= 11 is 0. The maximum Gasteiger partial charge on any atom is 0.339 e. The van der Waals surface area contributed by atoms with Crippen molar-refractivity contribution in [3.63, 3.8) is 0 Å². The minimum Gasteiger partial charge on any atom is -0.478 e. The van der Waals surface area contributed by atoms with E-state index in [1.54, 1.807) is 0 Å². The van der Waals surface area contributed by atoms with Gasteiger partial charge < -0.3 is 10.4 Å². The normalized spacial score (nSPS) is 16.6. The number of nitrogens with one attached hydrogen (secondary N) is 1. The fourth-order valence-corrected chi connectivity index (χ4v) is 1.85. The van der Waals surface area contributed by atoms with Crippen molar-refractivity contribution in [2.24, 2.45) is 5.41 Å². The first-order valence-electron chi connectivity index (χ1n) is 5.69. The van der Waals surface area contributed by atoms with Gasteiger partial charge >= 0.3 is 5.97 Å². The quantitative estimate of drug-likeness (QED) is 0.827. The van der Waals surface area contributed by atoms with Gasteiger partial charge in [0.2, 0.25) is 0 Å². The third kappa shape index (κ3) is 2.54. The lowest BCUT2D eigenvalue weighted by Gasteiger charge is -2.15. The number of hydrogen-bond donors (Lipinski definition) is 2. The zero-order valence-electron chi connectivity index (χ0n) is 9.66. The van der Waals surface area contributed by atoms with Gasteiger partial charge in [-0.25, -0.2) is 14.2 Å². The number of hydrogen-bond acceptors (Lipinski definition) is 3. The molecule has 0 bridgehead atoms. The van der Waals surface area contributed by atoms with Gasteiger partial charge in [0.05, 0.1) is 6.20 Å². The fourth-order valence-electron chi connectivity index (χ4n) is 1.85. The molecule has 1 heterocycles. The molecule has 0 spiro atoms. The number of rotatable bonds is 5. The number of pyridine rings is 1. The highest BCUT2D eigenvalue weighted by atomic mass is 19.1. The first-order chi connectivity index (χ1) is 8.06. The Bertz CT molecular complexity index is 444. The summed E-state index contributed by atoms with van der Waals surface area (Å²) < 4.78 is 12.9. The minimum atomic E-state index is -1.17. The Morgan fingerprint density at radius 2 is 2.35 bits per heavy atom. The third-order valence-corrected chi connectivity index (χ3v) is 3.42. The predicted octanol–water partition coefficient (Wildman–Crippen LogP) is 2.52. The second kappa shape index (κ2) is 4.31. The van der Waals surface area contributed by atoms with Crippen molar-refractivity contribution < 1.29 is 14.3 Å². The molecule has 0 amide bonds. The molecular weight excluding hydrogens is 223 g/mol. The monoisotopic (exact) mass is 238 g/mol. The maximum atomic E-state index is 12.9. The van der Waals surface area contributed by atoms with Crippen LogP contribution in [0.25, 0.3) is 0 Å². The van der Waals surface area contributed by atoms with E-state index in [0.717, 1.165) is 31.5 Å². The summed E-state index contributed by atoms with van der Waals surface area (Å²) in [7, 11) is 0. The van der Waals surface area contributed by atoms with Crippen molar-refractivity contribution in [3.05, 3.63) is 23.6 Å². The number of halogens is 1. The smallest absolute Gasteiger partial charge is 0.339 e. The van der Waals surface area contributed by atoms with Crippen LogP contribution in [0.3, 0.4) is 0 Å². The van der Waals surface area contributed by atoms with Crippen LogP contribution >= 0.6 is 0 Å². The lowest BCUT2D eigenvalue weighted by molar-refractivity contribution is 0.0697. The fraction of sp³-hybridized carbons (Fsp3) is 0.500. The van der Waals surface area contributed by atoms with E-state index in [0.29, 0.717) is 6.54 Å². The summed E-state index contributed by atoms with van der Waals surface area (Å²) in [6, 6.07) is 0.989. The zero-order chi connectivity index (χ0) is 12.5. The molecule has 5 heteroatoms. The van der Waals surface area contributed by atoms with E-state index in [4.69, 9.17) is 5.11 Å². The van der Waals surface area contributed by atoms with Crippen LogP contribution in [0.2, 0.25) is 0 Å². The third-order valence-electron chi connectivity index (χ3n) is 3.42. The van der Waals surface area contributed by atoms with Gasteiger partial charge in [0.25, 0.3) is 0 Å². The Morgan fingerprint density at radius 3 is 2.88 bits per heavy atom. The van der Waals surface area contributed by atoms with Crippen LogP contribution in [0.5, 0.6) is 0 Å². The summed E-state index contributed by atoms with van der Waals surface area (Å²) in [5.74, 6) is -1.55. The van der Waals surface area contributed by atoms with Crippen molar-refractivity contribution in [3.8, 4) is 0 Å². The van der Waals surface area contributed by atoms with Gasteiger partial charge in [0.1, 0.15) is 17.2 Å². The van der Waals surface area contributed by atoms with Crippen molar-refractivity contribution in [1.82, 2.24) is 4.98 Å². The van der Waals surface area contributed by atoms with E-state index in [1.165, 1.54) is 0 Å². The molecule has 1 aliphatic carbocycles. The summed E-state index contributed by atoms with van der Waals surface area (Å²) in [6.07, 6.45) is 4.39. The van der Waals surface area contributed by atoms with Gasteiger partial charge in [-0.2, -0.15) is 0 Å². The van der Waals surface area contributed by atoms with Crippen LogP contribution in [-0.4, -0.2) is 22.6 Å². The van der Waals surface area contributed by atoms with Gasteiger partial charge in [-0.3, -0.25) is 0 Å². The van der Waals surface area contributed by atoms with Crippen molar-refractivity contribution >= 4 is 11.8 Å². The highest BCUT2D eigenvalue weighted by molar-refractivity contribution is 5.93. The Hall–Kier alpha value is -1.65. The van der Waals surface area contributed by atoms with E-state index in [9.17, 15) is 9.18 Å². The first-order valence-corrected chi connectivity index (χ1v) is 5.69. The molecule has 1 fully saturated rings. The largest absolute Gasteiger partial charge is 0.478 e. The van der Waals surface area contributed by atoms with Crippen LogP contribution in [0.4, 0.5) is 10.2 Å². The molecule has 2 N–H and O–H groups in total. The molecule has 1 saturated carbocycles. The number of nitrogens with zero attached hydrogens (tertiary/aromatic N) is 1. The lowest BCUT2D eigenvalue weighted by Crippen LogP contribution is -2.17. The highest BCUT2D eigenvalue weighted by Crippen LogP contribution is 2.48. The molecule has 0 atom stereocenters. The second-order valence-electron chi connectivity index (χ2n) is 4.56. The molecule has 0 aliphatic heterocycles. The number of aromatic nitrogens is 1. The molecule has 0 saturated heterocycles. The molecule has 4 nitrogen and oxygen atoms in total. The summed E-state index contributed by atoms with van der Waals surface area (Å²) in [4.78, 5) is 14.7. The van der Waals surface area contributed by atoms with Crippen LogP contribution in [0.1, 0.15) is 36.5 Å². The van der Waals surface area contributed by atoms with E-state index in [1.807, 2.05) is 0 Å². The molecule has 2 rings (SSSR count). The van der Waals surface area contributed by atoms with Gasteiger partial charge in [-0.05, 0) is 30.7 Å². The number of aromatic carboxylic acids is 1. The molecule has 0 aromatic carbocycles. The molecule has 1 aromatic heterocycles. The van der Waals surface area contributed by atoms with Crippen LogP contribution in [-0.2, 0) is 0 Å². The highest BCUT2D eigenvalue weighted by Gasteiger charge is 2.40. The van der Waals surface area contributed by atoms with E-state index < -0.39 is 11.8 Å². The molecule has 1 aliphatic rings. The lowest BCUT2D eigenvalue weighted by atomic mass is 10.0. The average molecular weight is 238 g/mol. The Balaban J connectivity index is 2.12. The Morgan fingerprint density at radius 1 is 1.65 bits per heavy atom. The predicted molar refractivity (Wildman–Crippen MR) is 61.6 cm³/mol. The zero-order valence-corrected chi connectivity index (χ0v) is 9.66. The molecule has 17 heavy (non-hydrogen) atoms. The average Bonchev–Trinajstić information content (AvgIpc) is 3.08. The minimum absolute atomic E-state index is 0.114. The summed E-state index contributed by atoms with van der Waals surface area (Å²) in [5.41, 5.74) is 0.170. The van der Waals surface area contributed by atoms with E-state index >= 15 is 0 Å². The molecule has 0 unspecified atom stereocenters. The van der Waals surface area contributed by atoms with Gasteiger partial charge in [-0.15, -0.1) is 0 Å². The summed E-state index contributed by atoms with van der Waals surface area (Å²) in [5, 5.41) is 12.0. The molecular formula is C12H15FN2O2. The van der Waals surface area contributed by atoms with Crippen molar-refractivity contribution in [2.75, 3.05) is 11.9 Å². The van der Waals surface area contributed by atoms with Crippen LogP contribution in [0, 0.1) is 11.2 Å². The first kappa shape index (κ1) is 11.8. The standard InChI is InChI=1S/C12H15FN2O2/c1-2-12(3-4-12)7-15-10-9(11(16)17)5-8(13)6-14-10/h5-6H,2-4,7H2,1H3,(H,14,15)(H,16,17). The number of anilines is 1. The Kier molecular flexibility index (Phi) is 3.00. The molecule has 1 aromatic rings. The van der Waals surface area contributed by atoms with Crippen molar-refractivity contribution in [2.45, 2.75) is 26.2 Å². The topological polar surface area (TPSA) is 62.2 Å². The Labute approximate surface area is 98.9 Å². The second-order valence-corrected chi connectivity index (χ2v) is 4.56. The number of carboxylic acid groups (broad SMARTS) is 1. The molecule has 92 valence electrons. The maximum absolute atomic E-state index is 12.9. The SMILES string of the molecule is CCC1(CNc2ncc(F)cc2C(=O)O)CC1. The van der Waals surface area contributed by atoms with E-state index in [-0.39, 0.29) is 16.8 Å². The van der Waals surface area contributed by atoms with Crippen LogP contribution < -0.4 is 5.32 Å². The van der Waals surface area contributed by atoms with Gasteiger partial charge in [-0.1, -0.05) is 6.92 Å². The summed E-state index contributed by atoms with van der Waals surface area (Å²) in [6.45, 7) is 2.81. The number of carboxylic acids is 1. The van der Waals surface area contributed by atoms with E-state index in [2.05, 4.69) is 17.2 Å². The van der Waals surface area contributed by atoms with Crippen molar-refractivity contribution in [1.29, 1.82) is 0 Å².